The number of para-hydroxylation sites is 1. The van der Waals surface area contributed by atoms with Crippen molar-refractivity contribution in [1.29, 1.82) is 0 Å². The molecule has 0 unspecified atom stereocenters. The van der Waals surface area contributed by atoms with Crippen LogP contribution >= 0.6 is 0 Å². The summed E-state index contributed by atoms with van der Waals surface area (Å²) in [6.45, 7) is 8.95. The summed E-state index contributed by atoms with van der Waals surface area (Å²) in [5.41, 5.74) is 0.892. The summed E-state index contributed by atoms with van der Waals surface area (Å²) >= 11 is 0. The predicted molar refractivity (Wildman–Crippen MR) is 106 cm³/mol. The zero-order valence-corrected chi connectivity index (χ0v) is 16.9. The molecule has 5 nitrogen and oxygen atoms in total. The highest BCUT2D eigenvalue weighted by Gasteiger charge is 2.44. The van der Waals surface area contributed by atoms with E-state index in [2.05, 4.69) is 6.07 Å². The standard InChI is InChI=1S/C22H32N2O3/c1-4-20(25)24-13-11-22(12-14-24)16-17(15-21(26)23(5-2)6-3)18-9-7-8-10-19(18)27-22/h7-10,17H,4-6,11-16H2,1-3H3/t17-/m0/s1. The van der Waals surface area contributed by atoms with E-state index in [-0.39, 0.29) is 23.3 Å². The first-order chi connectivity index (χ1) is 13.0. The molecule has 27 heavy (non-hydrogen) atoms. The molecule has 0 saturated carbocycles. The average Bonchev–Trinajstić information content (AvgIpc) is 2.69. The van der Waals surface area contributed by atoms with Crippen LogP contribution in [0.5, 0.6) is 5.75 Å². The molecule has 2 heterocycles. The summed E-state index contributed by atoms with van der Waals surface area (Å²) in [5.74, 6) is 1.53. The zero-order valence-electron chi connectivity index (χ0n) is 16.9. The molecule has 0 aliphatic carbocycles. The molecule has 0 bridgehead atoms. The Morgan fingerprint density at radius 2 is 1.81 bits per heavy atom. The number of piperidine rings is 1. The Morgan fingerprint density at radius 1 is 1.15 bits per heavy atom. The number of ether oxygens (including phenoxy) is 1. The summed E-state index contributed by atoms with van der Waals surface area (Å²) < 4.78 is 6.48. The maximum atomic E-state index is 12.8. The Labute approximate surface area is 162 Å². The van der Waals surface area contributed by atoms with Crippen LogP contribution < -0.4 is 4.74 Å². The van der Waals surface area contributed by atoms with Gasteiger partial charge in [0.05, 0.1) is 0 Å². The molecular formula is C22H32N2O3. The van der Waals surface area contributed by atoms with Crippen molar-refractivity contribution in [2.24, 2.45) is 0 Å². The quantitative estimate of drug-likeness (QED) is 0.794. The van der Waals surface area contributed by atoms with Gasteiger partial charge < -0.3 is 14.5 Å². The molecule has 1 atom stereocenters. The highest BCUT2D eigenvalue weighted by Crippen LogP contribution is 2.46. The SMILES string of the molecule is CCC(=O)N1CCC2(CC1)C[C@H](CC(=O)N(CC)CC)c1ccccc1O2. The number of benzene rings is 1. The Bertz CT molecular complexity index is 676. The second kappa shape index (κ2) is 8.32. The van der Waals surface area contributed by atoms with Crippen LogP contribution in [0, 0.1) is 0 Å². The van der Waals surface area contributed by atoms with Crippen molar-refractivity contribution < 1.29 is 14.3 Å². The number of carbonyl (C=O) groups excluding carboxylic acids is 2. The van der Waals surface area contributed by atoms with Crippen LogP contribution in [-0.4, -0.2) is 53.4 Å². The van der Waals surface area contributed by atoms with E-state index in [4.69, 9.17) is 4.74 Å². The lowest BCUT2D eigenvalue weighted by atomic mass is 9.76. The molecular weight excluding hydrogens is 340 g/mol. The first-order valence-corrected chi connectivity index (χ1v) is 10.4. The van der Waals surface area contributed by atoms with Crippen LogP contribution in [0.15, 0.2) is 24.3 Å². The average molecular weight is 373 g/mol. The summed E-state index contributed by atoms with van der Waals surface area (Å²) in [5, 5.41) is 0. The summed E-state index contributed by atoms with van der Waals surface area (Å²) in [6, 6.07) is 8.14. The Kier molecular flexibility index (Phi) is 6.08. The molecule has 1 saturated heterocycles. The van der Waals surface area contributed by atoms with Crippen LogP contribution in [0.1, 0.15) is 64.4 Å². The molecule has 1 aromatic rings. The van der Waals surface area contributed by atoms with E-state index in [1.807, 2.05) is 48.8 Å². The zero-order chi connectivity index (χ0) is 19.4. The maximum Gasteiger partial charge on any atom is 0.223 e. The van der Waals surface area contributed by atoms with Crippen molar-refractivity contribution in [2.45, 2.75) is 64.4 Å². The second-order valence-corrected chi connectivity index (χ2v) is 7.73. The Hall–Kier alpha value is -2.04. The molecule has 1 spiro atoms. The Balaban J connectivity index is 1.79. The highest BCUT2D eigenvalue weighted by atomic mass is 16.5. The minimum atomic E-state index is -0.257. The number of likely N-dealkylation sites (tertiary alicyclic amines) is 1. The highest BCUT2D eigenvalue weighted by molar-refractivity contribution is 5.77. The monoisotopic (exact) mass is 372 g/mol. The fraction of sp³-hybridized carbons (Fsp3) is 0.636. The van der Waals surface area contributed by atoms with Crippen LogP contribution in [0.3, 0.4) is 0 Å². The van der Waals surface area contributed by atoms with Gasteiger partial charge in [0, 0.05) is 57.8 Å². The molecule has 148 valence electrons. The fourth-order valence-corrected chi connectivity index (χ4v) is 4.54. The van der Waals surface area contributed by atoms with Gasteiger partial charge in [0.25, 0.3) is 0 Å². The van der Waals surface area contributed by atoms with Gasteiger partial charge in [0.2, 0.25) is 11.8 Å². The molecule has 5 heteroatoms. The number of nitrogens with zero attached hydrogens (tertiary/aromatic N) is 2. The number of fused-ring (bicyclic) bond motifs is 1. The molecule has 2 aliphatic rings. The van der Waals surface area contributed by atoms with Crippen LogP contribution in [0.4, 0.5) is 0 Å². The van der Waals surface area contributed by atoms with Gasteiger partial charge in [-0.2, -0.15) is 0 Å². The van der Waals surface area contributed by atoms with Crippen molar-refractivity contribution in [3.63, 3.8) is 0 Å². The molecule has 0 N–H and O–H groups in total. The van der Waals surface area contributed by atoms with Crippen molar-refractivity contribution in [3.05, 3.63) is 29.8 Å². The minimum Gasteiger partial charge on any atom is -0.487 e. The van der Waals surface area contributed by atoms with Crippen molar-refractivity contribution >= 4 is 11.8 Å². The lowest BCUT2D eigenvalue weighted by Gasteiger charge is -2.47. The van der Waals surface area contributed by atoms with Crippen molar-refractivity contribution in [3.8, 4) is 5.75 Å². The van der Waals surface area contributed by atoms with Gasteiger partial charge in [-0.25, -0.2) is 0 Å². The van der Waals surface area contributed by atoms with E-state index >= 15 is 0 Å². The number of amides is 2. The van der Waals surface area contributed by atoms with Gasteiger partial charge >= 0.3 is 0 Å². The van der Waals surface area contributed by atoms with Crippen molar-refractivity contribution in [1.82, 2.24) is 9.80 Å². The van der Waals surface area contributed by atoms with Gasteiger partial charge in [-0.05, 0) is 31.9 Å². The first-order valence-electron chi connectivity index (χ1n) is 10.4. The van der Waals surface area contributed by atoms with E-state index in [1.165, 1.54) is 0 Å². The van der Waals surface area contributed by atoms with E-state index in [0.29, 0.717) is 12.8 Å². The lowest BCUT2D eigenvalue weighted by Crippen LogP contribution is -2.52. The smallest absolute Gasteiger partial charge is 0.223 e. The van der Waals surface area contributed by atoms with E-state index in [0.717, 1.165) is 56.8 Å². The van der Waals surface area contributed by atoms with Crippen LogP contribution in [0.2, 0.25) is 0 Å². The molecule has 1 aromatic carbocycles. The number of hydrogen-bond acceptors (Lipinski definition) is 3. The summed E-state index contributed by atoms with van der Waals surface area (Å²) in [7, 11) is 0. The molecule has 2 aliphatic heterocycles. The second-order valence-electron chi connectivity index (χ2n) is 7.73. The Morgan fingerprint density at radius 3 is 2.44 bits per heavy atom. The molecule has 1 fully saturated rings. The van der Waals surface area contributed by atoms with Crippen LogP contribution in [0.25, 0.3) is 0 Å². The third-order valence-electron chi connectivity index (χ3n) is 6.17. The van der Waals surface area contributed by atoms with E-state index in [1.54, 1.807) is 0 Å². The normalized spacial score (nSPS) is 20.7. The molecule has 0 aromatic heterocycles. The number of carbonyl (C=O) groups is 2. The van der Waals surface area contributed by atoms with E-state index in [9.17, 15) is 9.59 Å². The van der Waals surface area contributed by atoms with Gasteiger partial charge in [-0.3, -0.25) is 9.59 Å². The van der Waals surface area contributed by atoms with E-state index < -0.39 is 0 Å². The van der Waals surface area contributed by atoms with Gasteiger partial charge in [-0.1, -0.05) is 25.1 Å². The first kappa shape index (κ1) is 19.7. The molecule has 2 amide bonds. The van der Waals surface area contributed by atoms with Crippen molar-refractivity contribution in [2.75, 3.05) is 26.2 Å². The third kappa shape index (κ3) is 4.12. The van der Waals surface area contributed by atoms with Gasteiger partial charge in [0.1, 0.15) is 11.4 Å². The predicted octanol–water partition coefficient (Wildman–Crippen LogP) is 3.58. The third-order valence-corrected chi connectivity index (χ3v) is 6.17. The maximum absolute atomic E-state index is 12.8. The fourth-order valence-electron chi connectivity index (χ4n) is 4.54. The number of rotatable bonds is 5. The van der Waals surface area contributed by atoms with Gasteiger partial charge in [-0.15, -0.1) is 0 Å². The summed E-state index contributed by atoms with van der Waals surface area (Å²) in [4.78, 5) is 28.6. The molecule has 3 rings (SSSR count). The minimum absolute atomic E-state index is 0.177. The number of hydrogen-bond donors (Lipinski definition) is 0. The summed E-state index contributed by atoms with van der Waals surface area (Å²) in [6.07, 6.45) is 3.61. The van der Waals surface area contributed by atoms with Crippen LogP contribution in [-0.2, 0) is 9.59 Å². The largest absolute Gasteiger partial charge is 0.487 e. The van der Waals surface area contributed by atoms with Gasteiger partial charge in [0.15, 0.2) is 0 Å². The lowest BCUT2D eigenvalue weighted by molar-refractivity contribution is -0.135. The molecule has 0 radical (unpaired) electrons. The topological polar surface area (TPSA) is 49.9 Å².